The maximum absolute atomic E-state index is 13.1. The Labute approximate surface area is 121 Å². The van der Waals surface area contributed by atoms with Crippen molar-refractivity contribution in [1.82, 2.24) is 5.32 Å². The summed E-state index contributed by atoms with van der Waals surface area (Å²) in [5.41, 5.74) is 1.16. The molecule has 0 saturated carbocycles. The van der Waals surface area contributed by atoms with Gasteiger partial charge in [0.2, 0.25) is 0 Å². The Kier molecular flexibility index (Phi) is 4.98. The smallest absolute Gasteiger partial charge is 0.159 e. The number of hydrogen-bond acceptors (Lipinski definition) is 2. The normalized spacial score (nSPS) is 14.0. The van der Waals surface area contributed by atoms with E-state index in [1.807, 2.05) is 0 Å². The molecule has 0 amide bonds. The van der Waals surface area contributed by atoms with Crippen LogP contribution in [0.15, 0.2) is 42.5 Å². The minimum Gasteiger partial charge on any atom is -0.387 e. The van der Waals surface area contributed by atoms with Crippen LogP contribution in [0.4, 0.5) is 13.2 Å². The predicted molar refractivity (Wildman–Crippen MR) is 74.0 cm³/mol. The number of aliphatic hydroxyl groups is 1. The van der Waals surface area contributed by atoms with Crippen molar-refractivity contribution < 1.29 is 18.3 Å². The first-order chi connectivity index (χ1) is 9.97. The van der Waals surface area contributed by atoms with Gasteiger partial charge >= 0.3 is 0 Å². The van der Waals surface area contributed by atoms with Gasteiger partial charge in [-0.3, -0.25) is 0 Å². The van der Waals surface area contributed by atoms with Crippen LogP contribution in [-0.2, 0) is 6.54 Å². The van der Waals surface area contributed by atoms with Crippen LogP contribution in [0.5, 0.6) is 0 Å². The molecule has 0 aliphatic rings. The monoisotopic (exact) mass is 295 g/mol. The Bertz CT molecular complexity index is 601. The van der Waals surface area contributed by atoms with E-state index in [4.69, 9.17) is 0 Å². The Hall–Kier alpha value is -1.85. The molecule has 2 nitrogen and oxygen atoms in total. The highest BCUT2D eigenvalue weighted by Gasteiger charge is 2.16. The van der Waals surface area contributed by atoms with Crippen LogP contribution < -0.4 is 5.32 Å². The largest absolute Gasteiger partial charge is 0.387 e. The van der Waals surface area contributed by atoms with Crippen molar-refractivity contribution in [1.29, 1.82) is 0 Å². The second-order valence-corrected chi connectivity index (χ2v) is 4.91. The van der Waals surface area contributed by atoms with E-state index in [1.54, 1.807) is 6.92 Å². The maximum atomic E-state index is 13.1. The number of nitrogens with one attached hydrogen (secondary N) is 1. The lowest BCUT2D eigenvalue weighted by Crippen LogP contribution is -2.31. The lowest BCUT2D eigenvalue weighted by Gasteiger charge is -2.20. The van der Waals surface area contributed by atoms with Crippen molar-refractivity contribution in [3.63, 3.8) is 0 Å². The minimum absolute atomic E-state index is 0.288. The van der Waals surface area contributed by atoms with Gasteiger partial charge in [-0.1, -0.05) is 18.2 Å². The molecule has 2 rings (SSSR count). The third-order valence-electron chi connectivity index (χ3n) is 3.30. The Balaban J connectivity index is 1.95. The first kappa shape index (κ1) is 15.5. The Morgan fingerprint density at radius 3 is 2.29 bits per heavy atom. The molecule has 0 bridgehead atoms. The molecule has 2 unspecified atom stereocenters. The van der Waals surface area contributed by atoms with Gasteiger partial charge in [-0.05, 0) is 42.3 Å². The molecule has 0 heterocycles. The zero-order chi connectivity index (χ0) is 15.4. The molecule has 0 fully saturated rings. The molecular weight excluding hydrogens is 279 g/mol. The summed E-state index contributed by atoms with van der Waals surface area (Å²) in [7, 11) is 0. The zero-order valence-electron chi connectivity index (χ0n) is 11.5. The lowest BCUT2D eigenvalue weighted by atomic mass is 10.0. The first-order valence-electron chi connectivity index (χ1n) is 6.58. The van der Waals surface area contributed by atoms with Gasteiger partial charge < -0.3 is 10.4 Å². The molecule has 0 aliphatic carbocycles. The van der Waals surface area contributed by atoms with Gasteiger partial charge in [-0.2, -0.15) is 0 Å². The quantitative estimate of drug-likeness (QED) is 0.887. The predicted octanol–water partition coefficient (Wildman–Crippen LogP) is 3.32. The van der Waals surface area contributed by atoms with Gasteiger partial charge in [0.25, 0.3) is 0 Å². The highest BCUT2D eigenvalue weighted by Crippen LogP contribution is 2.17. The summed E-state index contributed by atoms with van der Waals surface area (Å²) in [6.07, 6.45) is -0.823. The molecule has 2 atom stereocenters. The van der Waals surface area contributed by atoms with Crippen molar-refractivity contribution >= 4 is 0 Å². The van der Waals surface area contributed by atoms with Gasteiger partial charge in [0, 0.05) is 12.6 Å². The number of halogens is 3. The summed E-state index contributed by atoms with van der Waals surface area (Å²) in [6, 6.07) is 8.89. The second kappa shape index (κ2) is 6.74. The summed E-state index contributed by atoms with van der Waals surface area (Å²) in [4.78, 5) is 0. The van der Waals surface area contributed by atoms with E-state index in [2.05, 4.69) is 5.32 Å². The van der Waals surface area contributed by atoms with E-state index < -0.39 is 17.7 Å². The summed E-state index contributed by atoms with van der Waals surface area (Å²) in [5.74, 6) is -2.16. The Morgan fingerprint density at radius 2 is 1.67 bits per heavy atom. The van der Waals surface area contributed by atoms with E-state index in [-0.39, 0.29) is 18.4 Å². The van der Waals surface area contributed by atoms with Crippen molar-refractivity contribution in [3.8, 4) is 0 Å². The van der Waals surface area contributed by atoms with Crippen molar-refractivity contribution in [2.75, 3.05) is 0 Å². The second-order valence-electron chi connectivity index (χ2n) is 4.91. The highest BCUT2D eigenvalue weighted by atomic mass is 19.2. The fourth-order valence-electron chi connectivity index (χ4n) is 1.99. The maximum Gasteiger partial charge on any atom is 0.159 e. The topological polar surface area (TPSA) is 32.3 Å². The van der Waals surface area contributed by atoms with Crippen molar-refractivity contribution in [2.24, 2.45) is 0 Å². The molecule has 112 valence electrons. The zero-order valence-corrected chi connectivity index (χ0v) is 11.5. The fraction of sp³-hybridized carbons (Fsp3) is 0.250. The van der Waals surface area contributed by atoms with Gasteiger partial charge in [0.05, 0.1) is 6.10 Å². The molecular formula is C16H16F3NO. The molecule has 5 heteroatoms. The molecule has 2 aromatic rings. The van der Waals surface area contributed by atoms with Crippen molar-refractivity contribution in [2.45, 2.75) is 25.6 Å². The van der Waals surface area contributed by atoms with E-state index in [0.717, 1.165) is 12.1 Å². The molecule has 0 radical (unpaired) electrons. The average molecular weight is 295 g/mol. The van der Waals surface area contributed by atoms with E-state index in [9.17, 15) is 18.3 Å². The van der Waals surface area contributed by atoms with E-state index in [0.29, 0.717) is 11.1 Å². The third kappa shape index (κ3) is 4.06. The summed E-state index contributed by atoms with van der Waals surface area (Å²) >= 11 is 0. The number of hydrogen-bond donors (Lipinski definition) is 2. The van der Waals surface area contributed by atoms with Crippen LogP contribution >= 0.6 is 0 Å². The van der Waals surface area contributed by atoms with Crippen LogP contribution in [0, 0.1) is 17.5 Å². The summed E-state index contributed by atoms with van der Waals surface area (Å²) in [5, 5.41) is 13.2. The SMILES string of the molecule is CC(NCc1ccc(F)c(F)c1)C(O)c1ccc(F)cc1. The molecule has 21 heavy (non-hydrogen) atoms. The van der Waals surface area contributed by atoms with E-state index >= 15 is 0 Å². The van der Waals surface area contributed by atoms with Crippen LogP contribution in [0.3, 0.4) is 0 Å². The lowest BCUT2D eigenvalue weighted by molar-refractivity contribution is 0.135. The van der Waals surface area contributed by atoms with Crippen LogP contribution in [0.25, 0.3) is 0 Å². The van der Waals surface area contributed by atoms with Crippen LogP contribution in [-0.4, -0.2) is 11.1 Å². The van der Waals surface area contributed by atoms with E-state index in [1.165, 1.54) is 30.3 Å². The third-order valence-corrected chi connectivity index (χ3v) is 3.30. The molecule has 0 spiro atoms. The number of aliphatic hydroxyl groups excluding tert-OH is 1. The molecule has 2 N–H and O–H groups in total. The van der Waals surface area contributed by atoms with Gasteiger partial charge in [0.15, 0.2) is 11.6 Å². The van der Waals surface area contributed by atoms with Crippen molar-refractivity contribution in [3.05, 3.63) is 71.0 Å². The molecule has 0 aliphatic heterocycles. The fourth-order valence-corrected chi connectivity index (χ4v) is 1.99. The standard InChI is InChI=1S/C16H16F3NO/c1-10(16(21)12-3-5-13(17)6-4-12)20-9-11-2-7-14(18)15(19)8-11/h2-8,10,16,20-21H,9H2,1H3. The molecule has 2 aromatic carbocycles. The van der Waals surface area contributed by atoms with Crippen LogP contribution in [0.2, 0.25) is 0 Å². The van der Waals surface area contributed by atoms with Gasteiger partial charge in [-0.15, -0.1) is 0 Å². The van der Waals surface area contributed by atoms with Crippen LogP contribution in [0.1, 0.15) is 24.2 Å². The highest BCUT2D eigenvalue weighted by molar-refractivity contribution is 5.20. The number of rotatable bonds is 5. The summed E-state index contributed by atoms with van der Waals surface area (Å²) in [6.45, 7) is 2.05. The molecule has 0 aromatic heterocycles. The average Bonchev–Trinajstić information content (AvgIpc) is 2.48. The first-order valence-corrected chi connectivity index (χ1v) is 6.58. The van der Waals surface area contributed by atoms with Gasteiger partial charge in [0.1, 0.15) is 5.82 Å². The molecule has 0 saturated heterocycles. The Morgan fingerprint density at radius 1 is 1.00 bits per heavy atom. The van der Waals surface area contributed by atoms with Gasteiger partial charge in [-0.25, -0.2) is 13.2 Å². The minimum atomic E-state index is -0.902. The number of benzene rings is 2. The summed E-state index contributed by atoms with van der Waals surface area (Å²) < 4.78 is 38.7.